The number of fused-ring (bicyclic) bond motifs is 2. The Hall–Kier alpha value is -3.47. The minimum Gasteiger partial charge on any atom is -0.393 e. The zero-order valence-corrected chi connectivity index (χ0v) is 25.8. The molecule has 0 radical (unpaired) electrons. The molecule has 2 fully saturated rings. The second kappa shape index (κ2) is 11.8. The summed E-state index contributed by atoms with van der Waals surface area (Å²) < 4.78 is 13.9. The van der Waals surface area contributed by atoms with Crippen LogP contribution in [0.15, 0.2) is 47.4 Å². The average Bonchev–Trinajstić information content (AvgIpc) is 3.65. The van der Waals surface area contributed by atoms with Crippen LogP contribution in [0.2, 0.25) is 0 Å². The van der Waals surface area contributed by atoms with Crippen molar-refractivity contribution in [3.05, 3.63) is 80.6 Å². The second-order valence-corrected chi connectivity index (χ2v) is 14.1. The summed E-state index contributed by atoms with van der Waals surface area (Å²) in [5, 5.41) is 13.6. The van der Waals surface area contributed by atoms with E-state index in [-0.39, 0.29) is 18.1 Å². The predicted octanol–water partition coefficient (Wildman–Crippen LogP) is 5.41. The van der Waals surface area contributed by atoms with Gasteiger partial charge in [0.15, 0.2) is 10.8 Å². The molecule has 3 aromatic heterocycles. The number of halogens is 1. The van der Waals surface area contributed by atoms with Crippen molar-refractivity contribution in [2.75, 3.05) is 19.6 Å². The minimum absolute atomic E-state index is 0.222. The van der Waals surface area contributed by atoms with Gasteiger partial charge in [0.1, 0.15) is 10.3 Å². The molecule has 4 aromatic rings. The number of likely N-dealkylation sites (tertiary alicyclic amines) is 1. The van der Waals surface area contributed by atoms with Crippen molar-refractivity contribution in [3.8, 4) is 11.1 Å². The fraction of sp³-hybridized carbons (Fsp3) is 0.471. The first-order valence-corrected chi connectivity index (χ1v) is 16.5. The highest BCUT2D eigenvalue weighted by Crippen LogP contribution is 2.55. The van der Waals surface area contributed by atoms with Crippen LogP contribution in [-0.2, 0) is 12.8 Å². The van der Waals surface area contributed by atoms with Crippen LogP contribution >= 0.6 is 11.3 Å². The Balaban J connectivity index is 1.11. The minimum atomic E-state index is -0.827. The van der Waals surface area contributed by atoms with E-state index in [1.807, 2.05) is 24.3 Å². The maximum atomic E-state index is 13.9. The molecule has 1 saturated heterocycles. The highest BCUT2D eigenvalue weighted by Gasteiger charge is 2.45. The van der Waals surface area contributed by atoms with Crippen LogP contribution in [0.3, 0.4) is 0 Å². The van der Waals surface area contributed by atoms with Gasteiger partial charge in [-0.05, 0) is 91.5 Å². The van der Waals surface area contributed by atoms with Gasteiger partial charge in [0.05, 0.1) is 12.1 Å². The second-order valence-electron chi connectivity index (χ2n) is 13.1. The number of aliphatic hydroxyl groups is 1. The maximum Gasteiger partial charge on any atom is 0.283 e. The molecule has 7 rings (SSSR count). The number of nitrogens with one attached hydrogen (secondary N) is 2. The number of aromatic nitrogens is 3. The molecule has 1 amide bonds. The number of hydrogen-bond acceptors (Lipinski definition) is 7. The largest absolute Gasteiger partial charge is 0.393 e. The molecular formula is C34H38FN5O3S. The lowest BCUT2D eigenvalue weighted by molar-refractivity contribution is 0.0795. The Morgan fingerprint density at radius 3 is 2.66 bits per heavy atom. The topological polar surface area (TPSA) is 111 Å². The van der Waals surface area contributed by atoms with Gasteiger partial charge in [-0.1, -0.05) is 42.5 Å². The Labute approximate surface area is 259 Å². The van der Waals surface area contributed by atoms with Crippen molar-refractivity contribution in [2.24, 2.45) is 11.3 Å². The molecule has 3 aliphatic rings. The van der Waals surface area contributed by atoms with Crippen LogP contribution < -0.4 is 10.9 Å². The SMILES string of the molecule is CC1([C@H]2CCc3nc4sc(C(=O)NC(CCN5CCC(O)CC5)c5ccc(-c6c[nH]c(=O)c(F)c6)cc5)nc4cc3C2)CC1. The van der Waals surface area contributed by atoms with Crippen molar-refractivity contribution in [1.29, 1.82) is 0 Å². The van der Waals surface area contributed by atoms with Gasteiger partial charge >= 0.3 is 0 Å². The fourth-order valence-corrected chi connectivity index (χ4v) is 7.68. The van der Waals surface area contributed by atoms with Gasteiger partial charge in [0.2, 0.25) is 0 Å². The number of benzene rings is 1. The van der Waals surface area contributed by atoms with E-state index in [2.05, 4.69) is 28.2 Å². The number of H-pyrrole nitrogens is 1. The summed E-state index contributed by atoms with van der Waals surface area (Å²) in [7, 11) is 0. The lowest BCUT2D eigenvalue weighted by Gasteiger charge is -2.31. The average molecular weight is 616 g/mol. The number of pyridine rings is 2. The molecule has 3 N–H and O–H groups in total. The van der Waals surface area contributed by atoms with Crippen LogP contribution in [0.5, 0.6) is 0 Å². The third kappa shape index (κ3) is 6.07. The standard InChI is InChI=1S/C34H38FN5O3S/c1-34(11-12-34)24-6-7-27-22(16-24)18-29-32(38-27)44-33(39-29)31(43)37-28(10-15-40-13-8-25(41)9-14-40)21-4-2-20(3-5-21)23-17-26(35)30(42)36-19-23/h2-5,17-19,24-25,28,41H,6-16H2,1H3,(H,36,42)(H,37,43)/t24-,28?/m0/s1. The number of thiazole rings is 1. The van der Waals surface area contributed by atoms with Gasteiger partial charge in [-0.2, -0.15) is 0 Å². The summed E-state index contributed by atoms with van der Waals surface area (Å²) in [6, 6.07) is 10.7. The van der Waals surface area contributed by atoms with Gasteiger partial charge < -0.3 is 20.3 Å². The van der Waals surface area contributed by atoms with Crippen molar-refractivity contribution in [2.45, 2.75) is 70.4 Å². The van der Waals surface area contributed by atoms with Crippen LogP contribution in [0, 0.1) is 17.2 Å². The Morgan fingerprint density at radius 2 is 1.93 bits per heavy atom. The Morgan fingerprint density at radius 1 is 1.16 bits per heavy atom. The van der Waals surface area contributed by atoms with Gasteiger partial charge in [0, 0.05) is 37.1 Å². The number of amides is 1. The number of piperidine rings is 1. The molecule has 1 saturated carbocycles. The van der Waals surface area contributed by atoms with E-state index in [1.165, 1.54) is 48.4 Å². The van der Waals surface area contributed by atoms with Gasteiger partial charge in [0.25, 0.3) is 11.5 Å². The van der Waals surface area contributed by atoms with Crippen LogP contribution in [-0.4, -0.2) is 56.6 Å². The maximum absolute atomic E-state index is 13.9. The van der Waals surface area contributed by atoms with Crippen molar-refractivity contribution in [1.82, 2.24) is 25.2 Å². The van der Waals surface area contributed by atoms with E-state index in [9.17, 15) is 19.1 Å². The predicted molar refractivity (Wildman–Crippen MR) is 169 cm³/mol. The first-order valence-electron chi connectivity index (χ1n) is 15.7. The number of aromatic amines is 1. The summed E-state index contributed by atoms with van der Waals surface area (Å²) in [5.41, 5.74) is 5.23. The molecule has 1 aliphatic heterocycles. The molecule has 10 heteroatoms. The summed E-state index contributed by atoms with van der Waals surface area (Å²) >= 11 is 1.35. The molecule has 2 aliphatic carbocycles. The molecule has 4 heterocycles. The fourth-order valence-electron chi connectivity index (χ4n) is 6.84. The summed E-state index contributed by atoms with van der Waals surface area (Å²) in [4.78, 5) is 40.4. The molecule has 44 heavy (non-hydrogen) atoms. The van der Waals surface area contributed by atoms with Crippen LogP contribution in [0.25, 0.3) is 21.5 Å². The number of aryl methyl sites for hydroxylation is 1. The van der Waals surface area contributed by atoms with Gasteiger partial charge in [-0.15, -0.1) is 0 Å². The first-order chi connectivity index (χ1) is 21.2. The molecule has 8 nitrogen and oxygen atoms in total. The van der Waals surface area contributed by atoms with Crippen LogP contribution in [0.4, 0.5) is 4.39 Å². The number of carbonyl (C=O) groups excluding carboxylic acids is 1. The quantitative estimate of drug-likeness (QED) is 0.245. The number of carbonyl (C=O) groups is 1. The number of rotatable bonds is 8. The van der Waals surface area contributed by atoms with Crippen molar-refractivity contribution >= 4 is 27.6 Å². The highest BCUT2D eigenvalue weighted by atomic mass is 32.1. The number of hydrogen-bond donors (Lipinski definition) is 3. The summed E-state index contributed by atoms with van der Waals surface area (Å²) in [6.07, 6.45) is 9.30. The molecule has 2 atom stereocenters. The van der Waals surface area contributed by atoms with E-state index >= 15 is 0 Å². The lowest BCUT2D eigenvalue weighted by Crippen LogP contribution is -2.38. The summed E-state index contributed by atoms with van der Waals surface area (Å²) in [6.45, 7) is 4.83. The third-order valence-corrected chi connectivity index (χ3v) is 11.0. The molecule has 230 valence electrons. The normalized spacial score (nSPS) is 20.8. The Bertz CT molecular complexity index is 1740. The molecule has 0 spiro atoms. The third-order valence-electron chi connectivity index (χ3n) is 10.1. The number of aliphatic hydroxyl groups excluding tert-OH is 1. The Kier molecular flexibility index (Phi) is 7.84. The molecule has 1 unspecified atom stereocenters. The van der Waals surface area contributed by atoms with E-state index in [1.54, 1.807) is 0 Å². The van der Waals surface area contributed by atoms with Gasteiger partial charge in [-0.25, -0.2) is 14.4 Å². The molecular weight excluding hydrogens is 577 g/mol. The summed E-state index contributed by atoms with van der Waals surface area (Å²) in [5.74, 6) is -0.346. The molecule has 1 aromatic carbocycles. The first kappa shape index (κ1) is 29.3. The highest BCUT2D eigenvalue weighted by molar-refractivity contribution is 7.19. The van der Waals surface area contributed by atoms with E-state index < -0.39 is 11.4 Å². The van der Waals surface area contributed by atoms with Crippen molar-refractivity contribution in [3.63, 3.8) is 0 Å². The lowest BCUT2D eigenvalue weighted by atomic mass is 9.77. The smallest absolute Gasteiger partial charge is 0.283 e. The van der Waals surface area contributed by atoms with Crippen molar-refractivity contribution < 1.29 is 14.3 Å². The number of nitrogens with zero attached hydrogens (tertiary/aromatic N) is 3. The van der Waals surface area contributed by atoms with Gasteiger partial charge in [-0.3, -0.25) is 9.59 Å². The van der Waals surface area contributed by atoms with E-state index in [4.69, 9.17) is 9.97 Å². The van der Waals surface area contributed by atoms with E-state index in [0.717, 1.165) is 72.5 Å². The zero-order valence-electron chi connectivity index (χ0n) is 24.9. The van der Waals surface area contributed by atoms with E-state index in [0.29, 0.717) is 28.3 Å². The monoisotopic (exact) mass is 615 g/mol. The molecule has 0 bridgehead atoms. The van der Waals surface area contributed by atoms with Crippen LogP contribution in [0.1, 0.15) is 78.1 Å². The zero-order chi connectivity index (χ0) is 30.4.